The lowest BCUT2D eigenvalue weighted by Crippen LogP contribution is -2.14. The van der Waals surface area contributed by atoms with Gasteiger partial charge in [0.1, 0.15) is 11.8 Å². The molecule has 4 heteroatoms. The number of fused-ring (bicyclic) bond motifs is 1. The minimum atomic E-state index is 0.0957. The fourth-order valence-electron chi connectivity index (χ4n) is 4.99. The molecule has 0 amide bonds. The first kappa shape index (κ1) is 24.2. The number of aromatic nitrogens is 2. The van der Waals surface area contributed by atoms with E-state index >= 15 is 0 Å². The highest BCUT2D eigenvalue weighted by molar-refractivity contribution is 5.91. The summed E-state index contributed by atoms with van der Waals surface area (Å²) in [6, 6.07) is 13.0. The number of rotatable bonds is 7. The van der Waals surface area contributed by atoms with E-state index in [2.05, 4.69) is 56.9 Å². The minimum Gasteiger partial charge on any atom is -0.493 e. The van der Waals surface area contributed by atoms with Gasteiger partial charge < -0.3 is 4.74 Å². The van der Waals surface area contributed by atoms with Crippen molar-refractivity contribution in [1.82, 2.24) is 9.97 Å². The zero-order chi connectivity index (χ0) is 24.1. The van der Waals surface area contributed by atoms with Crippen molar-refractivity contribution in [1.29, 1.82) is 5.26 Å². The van der Waals surface area contributed by atoms with Crippen molar-refractivity contribution in [2.24, 2.45) is 5.92 Å². The van der Waals surface area contributed by atoms with E-state index in [1.165, 1.54) is 48.8 Å². The summed E-state index contributed by atoms with van der Waals surface area (Å²) in [6.45, 7) is 9.59. The highest BCUT2D eigenvalue weighted by atomic mass is 16.5. The Labute approximate surface area is 204 Å². The van der Waals surface area contributed by atoms with Crippen molar-refractivity contribution in [3.63, 3.8) is 0 Å². The third-order valence-electron chi connectivity index (χ3n) is 7.03. The first-order valence-electron chi connectivity index (χ1n) is 12.9. The van der Waals surface area contributed by atoms with Gasteiger partial charge in [-0.1, -0.05) is 84.4 Å². The van der Waals surface area contributed by atoms with Crippen LogP contribution in [0.4, 0.5) is 0 Å². The summed E-state index contributed by atoms with van der Waals surface area (Å²) in [7, 11) is 0. The van der Waals surface area contributed by atoms with Crippen LogP contribution < -0.4 is 4.74 Å². The molecular weight excluding hydrogens is 418 g/mol. The van der Waals surface area contributed by atoms with E-state index in [0.717, 1.165) is 36.4 Å². The SMILES string of the molecule is CCCCOc1cc(-c2ccc(C(C)(C)C)cc2CC2CCCCC2)nc2ccnc(C#N)c12. The molecule has 1 aromatic carbocycles. The molecular formula is C30H37N3O. The van der Waals surface area contributed by atoms with Gasteiger partial charge in [0.05, 0.1) is 23.2 Å². The van der Waals surface area contributed by atoms with E-state index in [4.69, 9.17) is 9.72 Å². The molecule has 1 aliphatic rings. The van der Waals surface area contributed by atoms with Crippen LogP contribution in [0.5, 0.6) is 5.75 Å². The lowest BCUT2D eigenvalue weighted by atomic mass is 9.80. The van der Waals surface area contributed by atoms with E-state index in [1.54, 1.807) is 6.20 Å². The standard InChI is InChI=1S/C30H37N3O/c1-5-6-16-34-28-19-26(33-25-14-15-32-27(20-31)29(25)28)24-13-12-23(30(2,3)4)18-22(24)17-21-10-8-7-9-11-21/h12-15,18-19,21H,5-11,16-17H2,1-4H3. The Kier molecular flexibility index (Phi) is 7.51. The molecule has 2 heterocycles. The molecule has 4 nitrogen and oxygen atoms in total. The first-order valence-corrected chi connectivity index (χ1v) is 12.9. The molecule has 0 aliphatic heterocycles. The molecule has 0 saturated heterocycles. The molecule has 178 valence electrons. The molecule has 0 N–H and O–H groups in total. The maximum Gasteiger partial charge on any atom is 0.153 e. The van der Waals surface area contributed by atoms with Gasteiger partial charge in [0, 0.05) is 17.8 Å². The van der Waals surface area contributed by atoms with Crippen molar-refractivity contribution in [3.8, 4) is 23.1 Å². The lowest BCUT2D eigenvalue weighted by Gasteiger charge is -2.25. The van der Waals surface area contributed by atoms with Gasteiger partial charge in [-0.25, -0.2) is 9.97 Å². The average Bonchev–Trinajstić information content (AvgIpc) is 2.83. The average molecular weight is 456 g/mol. The normalized spacial score (nSPS) is 14.8. The van der Waals surface area contributed by atoms with Gasteiger partial charge in [-0.2, -0.15) is 5.26 Å². The Hall–Kier alpha value is -2.93. The van der Waals surface area contributed by atoms with Crippen LogP contribution in [-0.4, -0.2) is 16.6 Å². The zero-order valence-electron chi connectivity index (χ0n) is 21.2. The Balaban J connectivity index is 1.84. The minimum absolute atomic E-state index is 0.0957. The van der Waals surface area contributed by atoms with Gasteiger partial charge in [-0.05, 0) is 41.4 Å². The summed E-state index contributed by atoms with van der Waals surface area (Å²) in [4.78, 5) is 9.29. The van der Waals surface area contributed by atoms with Gasteiger partial charge in [-0.3, -0.25) is 0 Å². The molecule has 3 aromatic rings. The Morgan fingerprint density at radius 3 is 2.59 bits per heavy atom. The second kappa shape index (κ2) is 10.6. The van der Waals surface area contributed by atoms with E-state index in [1.807, 2.05) is 12.1 Å². The van der Waals surface area contributed by atoms with Crippen molar-refractivity contribution in [2.45, 2.75) is 84.5 Å². The van der Waals surface area contributed by atoms with Crippen molar-refractivity contribution < 1.29 is 4.74 Å². The number of nitrogens with zero attached hydrogens (tertiary/aromatic N) is 3. The molecule has 0 atom stereocenters. The number of nitriles is 1. The Morgan fingerprint density at radius 1 is 1.09 bits per heavy atom. The highest BCUT2D eigenvalue weighted by Gasteiger charge is 2.22. The van der Waals surface area contributed by atoms with E-state index < -0.39 is 0 Å². The zero-order valence-corrected chi connectivity index (χ0v) is 21.2. The highest BCUT2D eigenvalue weighted by Crippen LogP contribution is 2.37. The maximum atomic E-state index is 9.66. The van der Waals surface area contributed by atoms with Crippen LogP contribution in [0.3, 0.4) is 0 Å². The van der Waals surface area contributed by atoms with Gasteiger partial charge in [0.25, 0.3) is 0 Å². The van der Waals surface area contributed by atoms with Gasteiger partial charge in [0.15, 0.2) is 5.69 Å². The van der Waals surface area contributed by atoms with Crippen LogP contribution >= 0.6 is 0 Å². The quantitative estimate of drug-likeness (QED) is 0.341. The third kappa shape index (κ3) is 5.41. The van der Waals surface area contributed by atoms with Crippen LogP contribution in [-0.2, 0) is 11.8 Å². The summed E-state index contributed by atoms with van der Waals surface area (Å²) in [5.74, 6) is 1.44. The fourth-order valence-corrected chi connectivity index (χ4v) is 4.99. The summed E-state index contributed by atoms with van der Waals surface area (Å²) < 4.78 is 6.20. The summed E-state index contributed by atoms with van der Waals surface area (Å²) in [6.07, 6.45) is 11.4. The van der Waals surface area contributed by atoms with Gasteiger partial charge >= 0.3 is 0 Å². The molecule has 1 saturated carbocycles. The molecule has 34 heavy (non-hydrogen) atoms. The van der Waals surface area contributed by atoms with E-state index in [9.17, 15) is 5.26 Å². The second-order valence-corrected chi connectivity index (χ2v) is 10.7. The number of hydrogen-bond acceptors (Lipinski definition) is 4. The van der Waals surface area contributed by atoms with Crippen LogP contribution in [0.25, 0.3) is 22.2 Å². The number of unbranched alkanes of at least 4 members (excludes halogenated alkanes) is 1. The Bertz CT molecular complexity index is 1180. The van der Waals surface area contributed by atoms with Crippen LogP contribution in [0.15, 0.2) is 36.5 Å². The molecule has 1 aliphatic carbocycles. The topological polar surface area (TPSA) is 58.8 Å². The third-order valence-corrected chi connectivity index (χ3v) is 7.03. The number of benzene rings is 1. The molecule has 1 fully saturated rings. The van der Waals surface area contributed by atoms with Crippen LogP contribution in [0.1, 0.15) is 89.5 Å². The van der Waals surface area contributed by atoms with Crippen LogP contribution in [0, 0.1) is 17.2 Å². The lowest BCUT2D eigenvalue weighted by molar-refractivity contribution is 0.313. The molecule has 0 bridgehead atoms. The molecule has 0 spiro atoms. The van der Waals surface area contributed by atoms with Crippen molar-refractivity contribution in [2.75, 3.05) is 6.61 Å². The number of ether oxygens (including phenoxy) is 1. The smallest absolute Gasteiger partial charge is 0.153 e. The van der Waals surface area contributed by atoms with Gasteiger partial charge in [-0.15, -0.1) is 0 Å². The van der Waals surface area contributed by atoms with Crippen molar-refractivity contribution >= 4 is 10.9 Å². The molecule has 4 rings (SSSR count). The van der Waals surface area contributed by atoms with Crippen molar-refractivity contribution in [3.05, 3.63) is 53.3 Å². The number of pyridine rings is 2. The van der Waals surface area contributed by atoms with E-state index in [0.29, 0.717) is 23.4 Å². The van der Waals surface area contributed by atoms with Crippen LogP contribution in [0.2, 0.25) is 0 Å². The maximum absolute atomic E-state index is 9.66. The fraction of sp³-hybridized carbons (Fsp3) is 0.500. The van der Waals surface area contributed by atoms with Gasteiger partial charge in [0.2, 0.25) is 0 Å². The largest absolute Gasteiger partial charge is 0.493 e. The first-order chi connectivity index (χ1) is 16.4. The molecule has 0 unspecified atom stereocenters. The summed E-state index contributed by atoms with van der Waals surface area (Å²) in [5.41, 5.74) is 6.06. The molecule has 0 radical (unpaired) electrons. The molecule has 2 aromatic heterocycles. The monoisotopic (exact) mass is 455 g/mol. The predicted octanol–water partition coefficient (Wildman–Crippen LogP) is 7.77. The summed E-state index contributed by atoms with van der Waals surface area (Å²) >= 11 is 0. The second-order valence-electron chi connectivity index (χ2n) is 10.7. The number of hydrogen-bond donors (Lipinski definition) is 0. The summed E-state index contributed by atoms with van der Waals surface area (Å²) in [5, 5.41) is 10.4. The predicted molar refractivity (Wildman–Crippen MR) is 139 cm³/mol. The van der Waals surface area contributed by atoms with E-state index in [-0.39, 0.29) is 5.41 Å². The Morgan fingerprint density at radius 2 is 1.88 bits per heavy atom.